The lowest BCUT2D eigenvalue weighted by atomic mass is 9.77. The number of aromatic nitrogens is 1. The summed E-state index contributed by atoms with van der Waals surface area (Å²) in [5.74, 6) is -0.450. The molecule has 0 aliphatic heterocycles. The zero-order chi connectivity index (χ0) is 14.4. The lowest BCUT2D eigenvalue weighted by molar-refractivity contribution is 0.0685. The highest BCUT2D eigenvalue weighted by Crippen LogP contribution is 2.37. The van der Waals surface area contributed by atoms with Gasteiger partial charge in [0.15, 0.2) is 0 Å². The van der Waals surface area contributed by atoms with Crippen LogP contribution in [0.1, 0.15) is 27.5 Å². The van der Waals surface area contributed by atoms with Crippen molar-refractivity contribution in [1.82, 2.24) is 4.57 Å². The Kier molecular flexibility index (Phi) is 2.61. The molecule has 1 unspecified atom stereocenters. The molecule has 0 fully saturated rings. The van der Waals surface area contributed by atoms with Gasteiger partial charge in [0.05, 0.1) is 0 Å². The molecule has 3 aromatic rings. The first kappa shape index (κ1) is 12.2. The number of aromatic carboxylic acids is 1. The molecule has 3 heteroatoms. The second-order valence-corrected chi connectivity index (χ2v) is 5.60. The number of nitrogens with zero attached hydrogens (tertiary/aromatic N) is 1. The van der Waals surface area contributed by atoms with Gasteiger partial charge < -0.3 is 9.67 Å². The summed E-state index contributed by atoms with van der Waals surface area (Å²) in [6, 6.07) is 18.0. The zero-order valence-electron chi connectivity index (χ0n) is 11.5. The highest BCUT2D eigenvalue weighted by molar-refractivity contribution is 5.94. The molecule has 104 valence electrons. The summed E-state index contributed by atoms with van der Waals surface area (Å²) in [5.41, 5.74) is 4.11. The number of benzene rings is 2. The maximum atomic E-state index is 11.5. The van der Waals surface area contributed by atoms with Gasteiger partial charge in [0.25, 0.3) is 0 Å². The van der Waals surface area contributed by atoms with Crippen molar-refractivity contribution >= 4 is 16.9 Å². The van der Waals surface area contributed by atoms with Crippen LogP contribution in [-0.2, 0) is 13.0 Å². The Morgan fingerprint density at radius 2 is 1.90 bits per heavy atom. The number of carboxylic acids is 1. The Balaban J connectivity index is 1.77. The first-order chi connectivity index (χ1) is 10.2. The molecule has 4 rings (SSSR count). The third-order valence-corrected chi connectivity index (χ3v) is 4.39. The molecule has 0 bridgehead atoms. The fourth-order valence-corrected chi connectivity index (χ4v) is 3.33. The van der Waals surface area contributed by atoms with Crippen molar-refractivity contribution in [2.45, 2.75) is 18.9 Å². The van der Waals surface area contributed by atoms with Crippen LogP contribution in [0.5, 0.6) is 0 Å². The fraction of sp³-hybridized carbons (Fsp3) is 0.167. The third-order valence-electron chi connectivity index (χ3n) is 4.39. The van der Waals surface area contributed by atoms with E-state index in [0.717, 1.165) is 23.9 Å². The maximum absolute atomic E-state index is 11.5. The molecule has 2 aromatic carbocycles. The second-order valence-electron chi connectivity index (χ2n) is 5.60. The van der Waals surface area contributed by atoms with E-state index in [1.165, 1.54) is 11.1 Å². The van der Waals surface area contributed by atoms with E-state index in [4.69, 9.17) is 0 Å². The van der Waals surface area contributed by atoms with E-state index in [0.29, 0.717) is 11.6 Å². The topological polar surface area (TPSA) is 42.2 Å². The van der Waals surface area contributed by atoms with Crippen LogP contribution in [0.2, 0.25) is 0 Å². The normalized spacial score (nSPS) is 16.5. The molecule has 0 spiro atoms. The molecule has 0 saturated heterocycles. The first-order valence-electron chi connectivity index (χ1n) is 7.13. The zero-order valence-corrected chi connectivity index (χ0v) is 11.5. The van der Waals surface area contributed by atoms with Gasteiger partial charge in [-0.15, -0.1) is 0 Å². The average Bonchev–Trinajstić information content (AvgIpc) is 2.84. The number of carboxylic acid groups (broad SMARTS) is 1. The van der Waals surface area contributed by atoms with Gasteiger partial charge in [-0.3, -0.25) is 0 Å². The van der Waals surface area contributed by atoms with Gasteiger partial charge in [0.1, 0.15) is 5.69 Å². The highest BCUT2D eigenvalue weighted by Gasteiger charge is 2.27. The summed E-state index contributed by atoms with van der Waals surface area (Å²) >= 11 is 0. The van der Waals surface area contributed by atoms with Gasteiger partial charge in [0, 0.05) is 23.4 Å². The maximum Gasteiger partial charge on any atom is 0.352 e. The molecule has 1 aliphatic rings. The summed E-state index contributed by atoms with van der Waals surface area (Å²) in [5, 5.41) is 10.4. The number of fused-ring (bicyclic) bond motifs is 2. The van der Waals surface area contributed by atoms with E-state index in [1.807, 2.05) is 28.8 Å². The first-order valence-corrected chi connectivity index (χ1v) is 7.13. The van der Waals surface area contributed by atoms with Gasteiger partial charge in [-0.25, -0.2) is 4.79 Å². The number of carbonyl (C=O) groups is 1. The SMILES string of the molecule is O=C(O)c1cc2ccccc2n1CC1Cc2ccccc21. The van der Waals surface area contributed by atoms with Gasteiger partial charge in [0.2, 0.25) is 0 Å². The van der Waals surface area contributed by atoms with E-state index in [9.17, 15) is 9.90 Å². The minimum absolute atomic E-state index is 0.376. The van der Waals surface area contributed by atoms with Crippen LogP contribution < -0.4 is 0 Å². The Morgan fingerprint density at radius 1 is 1.14 bits per heavy atom. The van der Waals surface area contributed by atoms with Crippen molar-refractivity contribution in [3.8, 4) is 0 Å². The second kappa shape index (κ2) is 4.48. The van der Waals surface area contributed by atoms with Crippen molar-refractivity contribution in [2.24, 2.45) is 0 Å². The molecule has 1 aliphatic carbocycles. The molecule has 3 nitrogen and oxygen atoms in total. The Morgan fingerprint density at radius 3 is 2.71 bits per heavy atom. The minimum Gasteiger partial charge on any atom is -0.477 e. The molecular formula is C18H15NO2. The van der Waals surface area contributed by atoms with Gasteiger partial charge in [-0.1, -0.05) is 42.5 Å². The summed E-state index contributed by atoms with van der Waals surface area (Å²) in [4.78, 5) is 11.5. The molecule has 0 amide bonds. The number of hydrogen-bond donors (Lipinski definition) is 1. The van der Waals surface area contributed by atoms with Crippen molar-refractivity contribution in [3.63, 3.8) is 0 Å². The molecule has 1 N–H and O–H groups in total. The van der Waals surface area contributed by atoms with Gasteiger partial charge >= 0.3 is 5.97 Å². The summed E-state index contributed by atoms with van der Waals surface area (Å²) < 4.78 is 1.94. The quantitative estimate of drug-likeness (QED) is 0.793. The molecule has 1 atom stereocenters. The molecule has 1 aromatic heterocycles. The average molecular weight is 277 g/mol. The fourth-order valence-electron chi connectivity index (χ4n) is 3.33. The van der Waals surface area contributed by atoms with Crippen LogP contribution in [-0.4, -0.2) is 15.6 Å². The number of rotatable bonds is 3. The molecule has 0 saturated carbocycles. The van der Waals surface area contributed by atoms with Crippen LogP contribution in [0, 0.1) is 0 Å². The Bertz CT molecular complexity index is 847. The predicted molar refractivity (Wildman–Crippen MR) is 81.8 cm³/mol. The lowest BCUT2D eigenvalue weighted by Gasteiger charge is -2.31. The molecule has 1 heterocycles. The van der Waals surface area contributed by atoms with E-state index < -0.39 is 5.97 Å². The number of hydrogen-bond acceptors (Lipinski definition) is 1. The van der Waals surface area contributed by atoms with E-state index >= 15 is 0 Å². The molecule has 0 radical (unpaired) electrons. The monoisotopic (exact) mass is 277 g/mol. The largest absolute Gasteiger partial charge is 0.477 e. The van der Waals surface area contributed by atoms with E-state index in [2.05, 4.69) is 24.3 Å². The molecule has 21 heavy (non-hydrogen) atoms. The van der Waals surface area contributed by atoms with Crippen LogP contribution in [0.25, 0.3) is 10.9 Å². The Labute approximate surface area is 122 Å². The highest BCUT2D eigenvalue weighted by atomic mass is 16.4. The lowest BCUT2D eigenvalue weighted by Crippen LogP contribution is -2.23. The van der Waals surface area contributed by atoms with Crippen molar-refractivity contribution in [1.29, 1.82) is 0 Å². The summed E-state index contributed by atoms with van der Waals surface area (Å²) in [7, 11) is 0. The van der Waals surface area contributed by atoms with Crippen LogP contribution in [0.3, 0.4) is 0 Å². The van der Waals surface area contributed by atoms with Crippen molar-refractivity contribution < 1.29 is 9.90 Å². The van der Waals surface area contributed by atoms with E-state index in [-0.39, 0.29) is 0 Å². The van der Waals surface area contributed by atoms with E-state index in [1.54, 1.807) is 6.07 Å². The van der Waals surface area contributed by atoms with Crippen molar-refractivity contribution in [3.05, 3.63) is 71.4 Å². The van der Waals surface area contributed by atoms with Crippen LogP contribution >= 0.6 is 0 Å². The van der Waals surface area contributed by atoms with Gasteiger partial charge in [-0.05, 0) is 29.7 Å². The Hall–Kier alpha value is -2.55. The van der Waals surface area contributed by atoms with Crippen LogP contribution in [0.4, 0.5) is 0 Å². The summed E-state index contributed by atoms with van der Waals surface area (Å²) in [6.45, 7) is 0.728. The summed E-state index contributed by atoms with van der Waals surface area (Å²) in [6.07, 6.45) is 1.03. The smallest absolute Gasteiger partial charge is 0.352 e. The van der Waals surface area contributed by atoms with Gasteiger partial charge in [-0.2, -0.15) is 0 Å². The third kappa shape index (κ3) is 1.85. The molecular weight excluding hydrogens is 262 g/mol. The minimum atomic E-state index is -0.862. The standard InChI is InChI=1S/C18H15NO2/c20-18(21)17-10-13-6-2-4-8-16(13)19(17)11-14-9-12-5-1-3-7-15(12)14/h1-8,10,14H,9,11H2,(H,20,21). The number of para-hydroxylation sites is 1. The predicted octanol–water partition coefficient (Wildman–Crippen LogP) is 3.68. The van der Waals surface area contributed by atoms with Crippen LogP contribution in [0.15, 0.2) is 54.6 Å². The van der Waals surface area contributed by atoms with Crippen molar-refractivity contribution in [2.75, 3.05) is 0 Å².